The van der Waals surface area contributed by atoms with Crippen molar-refractivity contribution >= 4 is 17.4 Å². The van der Waals surface area contributed by atoms with E-state index in [1.54, 1.807) is 13.0 Å². The van der Waals surface area contributed by atoms with Gasteiger partial charge in [-0.3, -0.25) is 4.79 Å². The number of ether oxygens (including phenoxy) is 2. The van der Waals surface area contributed by atoms with Crippen LogP contribution in [0.25, 0.3) is 0 Å². The second-order valence-electron chi connectivity index (χ2n) is 7.20. The molecule has 2 aliphatic rings. The molecule has 24 heavy (non-hydrogen) atoms. The summed E-state index contributed by atoms with van der Waals surface area (Å²) in [6.07, 6.45) is 3.85. The van der Waals surface area contributed by atoms with Crippen molar-refractivity contribution in [2.45, 2.75) is 45.8 Å². The molecule has 1 heterocycles. The van der Waals surface area contributed by atoms with Crippen molar-refractivity contribution in [2.75, 3.05) is 13.2 Å². The molecule has 2 fully saturated rings. The summed E-state index contributed by atoms with van der Waals surface area (Å²) in [6, 6.07) is 3.08. The average molecular weight is 355 g/mol. The summed E-state index contributed by atoms with van der Waals surface area (Å²) in [7, 11) is 0. The van der Waals surface area contributed by atoms with E-state index in [2.05, 4.69) is 6.92 Å². The summed E-state index contributed by atoms with van der Waals surface area (Å²) in [5.41, 5.74) is 0.531. The Balaban J connectivity index is 1.60. The summed E-state index contributed by atoms with van der Waals surface area (Å²) in [5, 5.41) is -0.0224. The van der Waals surface area contributed by atoms with E-state index in [0.717, 1.165) is 5.92 Å². The highest BCUT2D eigenvalue weighted by molar-refractivity contribution is 6.32. The first-order valence-electron chi connectivity index (χ1n) is 8.69. The van der Waals surface area contributed by atoms with Crippen molar-refractivity contribution in [3.8, 4) is 0 Å². The standard InChI is InChI=1S/C19H24ClFO3/c1-11-3-6-13(7-4-11)14-9-23-19(24-10-14)18(22)15-8-5-12(2)16(20)17(15)21/h5,8,11,13-14,19H,3-4,6-7,9-10H2,1-2H3. The highest BCUT2D eigenvalue weighted by Crippen LogP contribution is 2.35. The second-order valence-corrected chi connectivity index (χ2v) is 7.58. The lowest BCUT2D eigenvalue weighted by atomic mass is 9.76. The number of rotatable bonds is 3. The molecule has 0 amide bonds. The van der Waals surface area contributed by atoms with Crippen LogP contribution < -0.4 is 0 Å². The maximum atomic E-state index is 14.2. The van der Waals surface area contributed by atoms with E-state index >= 15 is 0 Å². The van der Waals surface area contributed by atoms with Gasteiger partial charge in [-0.25, -0.2) is 4.39 Å². The number of halogens is 2. The van der Waals surface area contributed by atoms with Gasteiger partial charge in [0.05, 0.1) is 23.8 Å². The molecular weight excluding hydrogens is 331 g/mol. The molecule has 0 N–H and O–H groups in total. The number of hydrogen-bond acceptors (Lipinski definition) is 3. The molecule has 0 unspecified atom stereocenters. The van der Waals surface area contributed by atoms with Gasteiger partial charge in [0.15, 0.2) is 5.82 Å². The molecule has 1 saturated heterocycles. The van der Waals surface area contributed by atoms with Crippen LogP contribution in [0.1, 0.15) is 48.5 Å². The van der Waals surface area contributed by atoms with Crippen molar-refractivity contribution in [2.24, 2.45) is 17.8 Å². The van der Waals surface area contributed by atoms with E-state index in [-0.39, 0.29) is 10.6 Å². The lowest BCUT2D eigenvalue weighted by molar-refractivity contribution is -0.184. The molecule has 0 bridgehead atoms. The molecule has 0 atom stereocenters. The summed E-state index contributed by atoms with van der Waals surface area (Å²) < 4.78 is 25.5. The van der Waals surface area contributed by atoms with Crippen LogP contribution in [-0.2, 0) is 9.47 Å². The smallest absolute Gasteiger partial charge is 0.222 e. The quantitative estimate of drug-likeness (QED) is 0.732. The van der Waals surface area contributed by atoms with E-state index in [1.807, 2.05) is 0 Å². The lowest BCUT2D eigenvalue weighted by Crippen LogP contribution is -2.41. The van der Waals surface area contributed by atoms with Gasteiger partial charge >= 0.3 is 0 Å². The molecule has 0 radical (unpaired) electrons. The molecular formula is C19H24ClFO3. The molecule has 1 aliphatic carbocycles. The van der Waals surface area contributed by atoms with E-state index in [4.69, 9.17) is 21.1 Å². The third-order valence-electron chi connectivity index (χ3n) is 5.41. The van der Waals surface area contributed by atoms with Gasteiger partial charge in [0.25, 0.3) is 0 Å². The number of aryl methyl sites for hydroxylation is 1. The Morgan fingerprint density at radius 2 is 1.75 bits per heavy atom. The van der Waals surface area contributed by atoms with E-state index < -0.39 is 17.9 Å². The van der Waals surface area contributed by atoms with Crippen LogP contribution in [-0.4, -0.2) is 25.3 Å². The first-order valence-corrected chi connectivity index (χ1v) is 9.07. The summed E-state index contributed by atoms with van der Waals surface area (Å²) in [4.78, 5) is 12.5. The van der Waals surface area contributed by atoms with Gasteiger partial charge < -0.3 is 9.47 Å². The monoisotopic (exact) mass is 354 g/mol. The van der Waals surface area contributed by atoms with Crippen LogP contribution in [0, 0.1) is 30.5 Å². The van der Waals surface area contributed by atoms with Crippen LogP contribution in [0.3, 0.4) is 0 Å². The highest BCUT2D eigenvalue weighted by atomic mass is 35.5. The predicted octanol–water partition coefficient (Wildman–Crippen LogP) is 4.79. The molecule has 1 saturated carbocycles. The Labute approximate surface area is 147 Å². The fourth-order valence-electron chi connectivity index (χ4n) is 3.66. The first-order chi connectivity index (χ1) is 11.5. The largest absolute Gasteiger partial charge is 0.345 e. The third kappa shape index (κ3) is 3.66. The maximum absolute atomic E-state index is 14.2. The fourth-order valence-corrected chi connectivity index (χ4v) is 3.83. The van der Waals surface area contributed by atoms with Crippen molar-refractivity contribution in [1.29, 1.82) is 0 Å². The minimum absolute atomic E-state index is 0.0224. The number of benzene rings is 1. The number of Topliss-reactive ketones (excluding diaryl/α,β-unsaturated/α-hetero) is 1. The van der Waals surface area contributed by atoms with Gasteiger partial charge in [0, 0.05) is 5.92 Å². The molecule has 3 rings (SSSR count). The van der Waals surface area contributed by atoms with Crippen molar-refractivity contribution < 1.29 is 18.7 Å². The summed E-state index contributed by atoms with van der Waals surface area (Å²) in [6.45, 7) is 4.98. The summed E-state index contributed by atoms with van der Waals surface area (Å²) >= 11 is 5.89. The van der Waals surface area contributed by atoms with Gasteiger partial charge in [-0.05, 0) is 43.2 Å². The van der Waals surface area contributed by atoms with Gasteiger partial charge in [-0.1, -0.05) is 37.4 Å². The van der Waals surface area contributed by atoms with Crippen molar-refractivity contribution in [3.05, 3.63) is 34.1 Å². The Morgan fingerprint density at radius 1 is 1.12 bits per heavy atom. The SMILES string of the molecule is Cc1ccc(C(=O)C2OCC(C3CCC(C)CC3)CO2)c(F)c1Cl. The number of hydrogen-bond donors (Lipinski definition) is 0. The van der Waals surface area contributed by atoms with Gasteiger partial charge in [-0.15, -0.1) is 0 Å². The third-order valence-corrected chi connectivity index (χ3v) is 5.87. The zero-order valence-corrected chi connectivity index (χ0v) is 14.9. The number of carbonyl (C=O) groups is 1. The normalized spacial score (nSPS) is 31.0. The average Bonchev–Trinajstić information content (AvgIpc) is 2.60. The zero-order valence-electron chi connectivity index (χ0n) is 14.2. The Bertz CT molecular complexity index is 603. The maximum Gasteiger partial charge on any atom is 0.222 e. The van der Waals surface area contributed by atoms with Crippen LogP contribution in [0.5, 0.6) is 0 Å². The van der Waals surface area contributed by atoms with E-state index in [0.29, 0.717) is 30.6 Å². The minimum Gasteiger partial charge on any atom is -0.345 e. The van der Waals surface area contributed by atoms with Gasteiger partial charge in [0.1, 0.15) is 0 Å². The lowest BCUT2D eigenvalue weighted by Gasteiger charge is -2.36. The molecule has 1 aromatic carbocycles. The highest BCUT2D eigenvalue weighted by Gasteiger charge is 2.35. The molecule has 1 aromatic rings. The van der Waals surface area contributed by atoms with Crippen LogP contribution in [0.15, 0.2) is 12.1 Å². The molecule has 3 nitrogen and oxygen atoms in total. The van der Waals surface area contributed by atoms with Crippen LogP contribution in [0.2, 0.25) is 5.02 Å². The molecule has 0 aromatic heterocycles. The molecule has 0 spiro atoms. The van der Waals surface area contributed by atoms with Gasteiger partial charge in [-0.2, -0.15) is 0 Å². The van der Waals surface area contributed by atoms with Gasteiger partial charge in [0.2, 0.25) is 12.1 Å². The number of ketones is 1. The van der Waals surface area contributed by atoms with Crippen molar-refractivity contribution in [3.63, 3.8) is 0 Å². The fraction of sp³-hybridized carbons (Fsp3) is 0.632. The Kier molecular flexibility index (Phi) is 5.58. The molecule has 132 valence electrons. The summed E-state index contributed by atoms with van der Waals surface area (Å²) in [5.74, 6) is 0.536. The van der Waals surface area contributed by atoms with Crippen molar-refractivity contribution in [1.82, 2.24) is 0 Å². The van der Waals surface area contributed by atoms with E-state index in [1.165, 1.54) is 31.7 Å². The van der Waals surface area contributed by atoms with Crippen LogP contribution >= 0.6 is 11.6 Å². The number of carbonyl (C=O) groups excluding carboxylic acids is 1. The second kappa shape index (κ2) is 7.51. The van der Waals surface area contributed by atoms with Crippen LogP contribution in [0.4, 0.5) is 4.39 Å². The first kappa shape index (κ1) is 17.8. The predicted molar refractivity (Wildman–Crippen MR) is 90.8 cm³/mol. The molecule has 5 heteroatoms. The molecule has 1 aliphatic heterocycles. The topological polar surface area (TPSA) is 35.5 Å². The minimum atomic E-state index is -1.03. The Morgan fingerprint density at radius 3 is 2.38 bits per heavy atom. The zero-order chi connectivity index (χ0) is 17.3. The Hall–Kier alpha value is -0.970. The van der Waals surface area contributed by atoms with E-state index in [9.17, 15) is 9.18 Å².